The molecule has 0 aromatic heterocycles. The van der Waals surface area contributed by atoms with Gasteiger partial charge in [0.1, 0.15) is 0 Å². The molecule has 0 aliphatic heterocycles. The van der Waals surface area contributed by atoms with Crippen LogP contribution in [0, 0.1) is 20.8 Å². The van der Waals surface area contributed by atoms with E-state index in [0.717, 1.165) is 12.8 Å². The number of hydrogen-bond donors (Lipinski definition) is 0. The SMILES string of the molecule is CC/C(C)=C/c1cc(C)ccc1C.CCc1ccc2ccc(C)cc2c1. The Hall–Kier alpha value is -2.34. The van der Waals surface area contributed by atoms with E-state index in [9.17, 15) is 0 Å². The Labute approximate surface area is 159 Å². The van der Waals surface area contributed by atoms with E-state index in [2.05, 4.69) is 102 Å². The van der Waals surface area contributed by atoms with Gasteiger partial charge in [0.05, 0.1) is 0 Å². The van der Waals surface area contributed by atoms with E-state index < -0.39 is 0 Å². The molecule has 26 heavy (non-hydrogen) atoms. The number of rotatable bonds is 3. The van der Waals surface area contributed by atoms with Crippen molar-refractivity contribution < 1.29 is 0 Å². The zero-order chi connectivity index (χ0) is 19.1. The molecule has 0 radical (unpaired) electrons. The summed E-state index contributed by atoms with van der Waals surface area (Å²) in [5, 5.41) is 2.70. The normalized spacial score (nSPS) is 11.2. The second kappa shape index (κ2) is 9.38. The standard InChI is InChI=1S/C13H14.C13H18/c1-3-11-5-7-12-6-4-10(2)8-13(12)9-11;1-5-10(2)8-13-9-11(3)6-7-12(13)4/h4-9H,3H2,1-2H3;6-9H,5H2,1-4H3/b;10-8+. The molecular formula is C26H32. The summed E-state index contributed by atoms with van der Waals surface area (Å²) >= 11 is 0. The topological polar surface area (TPSA) is 0 Å². The molecule has 0 fully saturated rings. The third-order valence-electron chi connectivity index (χ3n) is 4.86. The highest BCUT2D eigenvalue weighted by molar-refractivity contribution is 5.83. The zero-order valence-corrected chi connectivity index (χ0v) is 17.2. The molecule has 0 aliphatic rings. The Morgan fingerprint density at radius 3 is 2.12 bits per heavy atom. The predicted molar refractivity (Wildman–Crippen MR) is 118 cm³/mol. The van der Waals surface area contributed by atoms with Gasteiger partial charge < -0.3 is 0 Å². The van der Waals surface area contributed by atoms with Crippen LogP contribution in [0.2, 0.25) is 0 Å². The van der Waals surface area contributed by atoms with Crippen molar-refractivity contribution in [2.45, 2.75) is 54.4 Å². The van der Waals surface area contributed by atoms with E-state index in [4.69, 9.17) is 0 Å². The summed E-state index contributed by atoms with van der Waals surface area (Å²) in [4.78, 5) is 0. The average molecular weight is 345 g/mol. The molecule has 0 amide bonds. The van der Waals surface area contributed by atoms with Crippen molar-refractivity contribution in [1.82, 2.24) is 0 Å². The molecule has 3 rings (SSSR count). The summed E-state index contributed by atoms with van der Waals surface area (Å²) in [6.45, 7) is 13.0. The van der Waals surface area contributed by atoms with Gasteiger partial charge in [-0.25, -0.2) is 0 Å². The Balaban J connectivity index is 0.000000187. The van der Waals surface area contributed by atoms with Gasteiger partial charge in [-0.05, 0) is 68.0 Å². The fourth-order valence-corrected chi connectivity index (χ4v) is 2.92. The number of aryl methyl sites for hydroxylation is 4. The lowest BCUT2D eigenvalue weighted by atomic mass is 10.0. The largest absolute Gasteiger partial charge is 0.0730 e. The third-order valence-corrected chi connectivity index (χ3v) is 4.86. The van der Waals surface area contributed by atoms with Crippen LogP contribution >= 0.6 is 0 Å². The van der Waals surface area contributed by atoms with Crippen LogP contribution in [0.15, 0.2) is 60.2 Å². The molecule has 0 heteroatoms. The molecule has 0 saturated carbocycles. The first-order valence-corrected chi connectivity index (χ1v) is 9.66. The van der Waals surface area contributed by atoms with Crippen molar-refractivity contribution in [3.8, 4) is 0 Å². The van der Waals surface area contributed by atoms with Crippen molar-refractivity contribution in [3.05, 3.63) is 88.0 Å². The van der Waals surface area contributed by atoms with Crippen LogP contribution in [-0.4, -0.2) is 0 Å². The number of fused-ring (bicyclic) bond motifs is 1. The smallest absolute Gasteiger partial charge is 0.0179 e. The lowest BCUT2D eigenvalue weighted by molar-refractivity contribution is 1.11. The van der Waals surface area contributed by atoms with Crippen LogP contribution in [0.25, 0.3) is 16.8 Å². The lowest BCUT2D eigenvalue weighted by Crippen LogP contribution is -1.83. The summed E-state index contributed by atoms with van der Waals surface area (Å²) in [7, 11) is 0. The molecule has 0 atom stereocenters. The van der Waals surface area contributed by atoms with Gasteiger partial charge >= 0.3 is 0 Å². The molecule has 136 valence electrons. The first-order chi connectivity index (χ1) is 12.4. The van der Waals surface area contributed by atoms with Crippen LogP contribution in [0.4, 0.5) is 0 Å². The Kier molecular flexibility index (Phi) is 7.21. The molecule has 0 spiro atoms. The second-order valence-electron chi connectivity index (χ2n) is 7.24. The fraction of sp³-hybridized carbons (Fsp3) is 0.308. The number of hydrogen-bond acceptors (Lipinski definition) is 0. The molecule has 3 aromatic carbocycles. The summed E-state index contributed by atoms with van der Waals surface area (Å²) in [6.07, 6.45) is 4.53. The van der Waals surface area contributed by atoms with Crippen LogP contribution in [0.3, 0.4) is 0 Å². The average Bonchev–Trinajstić information content (AvgIpc) is 2.64. The van der Waals surface area contributed by atoms with Gasteiger partial charge in [0, 0.05) is 0 Å². The van der Waals surface area contributed by atoms with Crippen LogP contribution in [0.1, 0.15) is 55.0 Å². The first-order valence-electron chi connectivity index (χ1n) is 9.66. The van der Waals surface area contributed by atoms with E-state index in [1.165, 1.54) is 44.2 Å². The molecule has 0 nitrogen and oxygen atoms in total. The number of benzene rings is 3. The molecule has 0 unspecified atom stereocenters. The molecular weight excluding hydrogens is 312 g/mol. The van der Waals surface area contributed by atoms with Gasteiger partial charge in [-0.1, -0.05) is 91.2 Å². The quantitative estimate of drug-likeness (QED) is 0.454. The second-order valence-corrected chi connectivity index (χ2v) is 7.24. The van der Waals surface area contributed by atoms with Crippen molar-refractivity contribution in [2.24, 2.45) is 0 Å². The molecule has 0 bridgehead atoms. The van der Waals surface area contributed by atoms with Crippen molar-refractivity contribution in [1.29, 1.82) is 0 Å². The van der Waals surface area contributed by atoms with E-state index in [-0.39, 0.29) is 0 Å². The minimum Gasteiger partial charge on any atom is -0.0730 e. The minimum absolute atomic E-state index is 1.11. The van der Waals surface area contributed by atoms with Crippen LogP contribution in [-0.2, 0) is 6.42 Å². The Morgan fingerprint density at radius 1 is 0.769 bits per heavy atom. The Bertz CT molecular complexity index is 897. The summed E-state index contributed by atoms with van der Waals surface area (Å²) in [5.74, 6) is 0. The number of allylic oxidation sites excluding steroid dienone is 1. The van der Waals surface area contributed by atoms with Crippen molar-refractivity contribution in [3.63, 3.8) is 0 Å². The van der Waals surface area contributed by atoms with Crippen molar-refractivity contribution >= 4 is 16.8 Å². The summed E-state index contributed by atoms with van der Waals surface area (Å²) in [6, 6.07) is 19.9. The summed E-state index contributed by atoms with van der Waals surface area (Å²) in [5.41, 5.74) is 8.24. The van der Waals surface area contributed by atoms with Gasteiger partial charge in [-0.15, -0.1) is 0 Å². The van der Waals surface area contributed by atoms with Gasteiger partial charge in [0.2, 0.25) is 0 Å². The van der Waals surface area contributed by atoms with Crippen LogP contribution in [0.5, 0.6) is 0 Å². The van der Waals surface area contributed by atoms with E-state index >= 15 is 0 Å². The summed E-state index contributed by atoms with van der Waals surface area (Å²) < 4.78 is 0. The van der Waals surface area contributed by atoms with Crippen LogP contribution < -0.4 is 0 Å². The maximum absolute atomic E-state index is 2.28. The highest BCUT2D eigenvalue weighted by atomic mass is 14.0. The molecule has 0 saturated heterocycles. The first kappa shape index (κ1) is 20.0. The van der Waals surface area contributed by atoms with Gasteiger partial charge in [0.15, 0.2) is 0 Å². The van der Waals surface area contributed by atoms with E-state index in [1.807, 2.05) is 0 Å². The maximum Gasteiger partial charge on any atom is -0.0179 e. The zero-order valence-electron chi connectivity index (χ0n) is 17.2. The fourth-order valence-electron chi connectivity index (χ4n) is 2.92. The third kappa shape index (κ3) is 5.59. The minimum atomic E-state index is 1.11. The molecule has 0 heterocycles. The predicted octanol–water partition coefficient (Wildman–Crippen LogP) is 7.83. The van der Waals surface area contributed by atoms with Crippen molar-refractivity contribution in [2.75, 3.05) is 0 Å². The lowest BCUT2D eigenvalue weighted by Gasteiger charge is -2.03. The molecule has 0 N–H and O–H groups in total. The molecule has 3 aromatic rings. The highest BCUT2D eigenvalue weighted by Crippen LogP contribution is 2.18. The Morgan fingerprint density at radius 2 is 1.42 bits per heavy atom. The van der Waals surface area contributed by atoms with Gasteiger partial charge in [-0.2, -0.15) is 0 Å². The highest BCUT2D eigenvalue weighted by Gasteiger charge is 1.96. The molecule has 0 aliphatic carbocycles. The van der Waals surface area contributed by atoms with Gasteiger partial charge in [-0.3, -0.25) is 0 Å². The monoisotopic (exact) mass is 344 g/mol. The maximum atomic E-state index is 2.28. The van der Waals surface area contributed by atoms with E-state index in [0.29, 0.717) is 0 Å². The van der Waals surface area contributed by atoms with Gasteiger partial charge in [0.25, 0.3) is 0 Å². The van der Waals surface area contributed by atoms with E-state index in [1.54, 1.807) is 0 Å².